The van der Waals surface area contributed by atoms with Crippen LogP contribution >= 0.6 is 0 Å². The van der Waals surface area contributed by atoms with Crippen molar-refractivity contribution >= 4 is 5.97 Å². The van der Waals surface area contributed by atoms with Gasteiger partial charge in [-0.2, -0.15) is 0 Å². The molecule has 2 atom stereocenters. The molecule has 1 aromatic carbocycles. The minimum absolute atomic E-state index is 0.102. The van der Waals surface area contributed by atoms with E-state index in [0.717, 1.165) is 56.7 Å². The van der Waals surface area contributed by atoms with E-state index >= 15 is 0 Å². The van der Waals surface area contributed by atoms with Gasteiger partial charge in [-0.15, -0.1) is 0 Å². The first kappa shape index (κ1) is 18.1. The Hall–Kier alpha value is -2.24. The highest BCUT2D eigenvalue weighted by molar-refractivity contribution is 5.76. The lowest BCUT2D eigenvalue weighted by Gasteiger charge is -2.51. The largest absolute Gasteiger partial charge is 0.481 e. The van der Waals surface area contributed by atoms with Crippen LogP contribution in [0, 0.1) is 5.41 Å². The number of pyridine rings is 1. The van der Waals surface area contributed by atoms with E-state index in [2.05, 4.69) is 46.1 Å². The lowest BCUT2D eigenvalue weighted by atomic mass is 9.68. The summed E-state index contributed by atoms with van der Waals surface area (Å²) in [6, 6.07) is 14.6. The molecule has 5 nitrogen and oxygen atoms in total. The molecule has 0 spiro atoms. The fourth-order valence-electron chi connectivity index (χ4n) is 4.76. The quantitative estimate of drug-likeness (QED) is 0.902. The molecule has 2 aromatic rings. The van der Waals surface area contributed by atoms with Crippen molar-refractivity contribution in [2.45, 2.75) is 31.8 Å². The number of piperidine rings is 2. The molecule has 1 aromatic heterocycles. The monoisotopic (exact) mass is 365 g/mol. The van der Waals surface area contributed by atoms with Crippen molar-refractivity contribution in [1.82, 2.24) is 14.8 Å². The Labute approximate surface area is 160 Å². The predicted molar refractivity (Wildman–Crippen MR) is 105 cm³/mol. The van der Waals surface area contributed by atoms with Crippen LogP contribution < -0.4 is 0 Å². The zero-order valence-corrected chi connectivity index (χ0v) is 15.8. The van der Waals surface area contributed by atoms with Crippen molar-refractivity contribution in [3.63, 3.8) is 0 Å². The topological polar surface area (TPSA) is 56.7 Å². The molecule has 2 saturated heterocycles. The first-order chi connectivity index (χ1) is 13.1. The fraction of sp³-hybridized carbons (Fsp3) is 0.455. The van der Waals surface area contributed by atoms with E-state index < -0.39 is 11.4 Å². The van der Waals surface area contributed by atoms with E-state index in [1.807, 2.05) is 24.4 Å². The second-order valence-electron chi connectivity index (χ2n) is 7.96. The van der Waals surface area contributed by atoms with Gasteiger partial charge in [-0.1, -0.05) is 30.3 Å². The summed E-state index contributed by atoms with van der Waals surface area (Å²) in [5.74, 6) is -0.613. The van der Waals surface area contributed by atoms with E-state index in [9.17, 15) is 9.90 Å². The Morgan fingerprint density at radius 3 is 2.70 bits per heavy atom. The highest BCUT2D eigenvalue weighted by atomic mass is 16.4. The van der Waals surface area contributed by atoms with Crippen LogP contribution in [0.5, 0.6) is 0 Å². The second-order valence-corrected chi connectivity index (χ2v) is 7.96. The van der Waals surface area contributed by atoms with Crippen LogP contribution in [0.1, 0.15) is 24.8 Å². The van der Waals surface area contributed by atoms with Crippen LogP contribution in [-0.4, -0.2) is 58.6 Å². The number of carboxylic acid groups (broad SMARTS) is 1. The lowest BCUT2D eigenvalue weighted by molar-refractivity contribution is -0.162. The molecular formula is C22H27N3O2. The number of nitrogens with zero attached hydrogens (tertiary/aromatic N) is 3. The molecular weight excluding hydrogens is 338 g/mol. The van der Waals surface area contributed by atoms with Crippen molar-refractivity contribution in [2.24, 2.45) is 5.41 Å². The fourth-order valence-corrected chi connectivity index (χ4v) is 4.76. The first-order valence-electron chi connectivity index (χ1n) is 9.75. The number of aromatic nitrogens is 1. The number of likely N-dealkylation sites (tertiary alicyclic amines) is 2. The van der Waals surface area contributed by atoms with Gasteiger partial charge < -0.3 is 10.0 Å². The number of carbonyl (C=O) groups is 1. The molecule has 2 aliphatic rings. The number of rotatable bonds is 4. The molecule has 2 aliphatic heterocycles. The van der Waals surface area contributed by atoms with Crippen LogP contribution in [0.2, 0.25) is 0 Å². The van der Waals surface area contributed by atoms with E-state index in [0.29, 0.717) is 0 Å². The lowest BCUT2D eigenvalue weighted by Crippen LogP contribution is -2.62. The Kier molecular flexibility index (Phi) is 4.98. The van der Waals surface area contributed by atoms with Gasteiger partial charge in [-0.05, 0) is 57.1 Å². The minimum atomic E-state index is -0.613. The summed E-state index contributed by atoms with van der Waals surface area (Å²) >= 11 is 0. The van der Waals surface area contributed by atoms with Gasteiger partial charge in [-0.3, -0.25) is 14.7 Å². The smallest absolute Gasteiger partial charge is 0.311 e. The summed E-state index contributed by atoms with van der Waals surface area (Å²) in [7, 11) is 2.08. The van der Waals surface area contributed by atoms with E-state index in [4.69, 9.17) is 0 Å². The molecule has 5 heteroatoms. The maximum atomic E-state index is 12.0. The normalized spacial score (nSPS) is 26.5. The molecule has 142 valence electrons. The van der Waals surface area contributed by atoms with Gasteiger partial charge in [0.2, 0.25) is 0 Å². The van der Waals surface area contributed by atoms with Crippen LogP contribution in [0.3, 0.4) is 0 Å². The summed E-state index contributed by atoms with van der Waals surface area (Å²) < 4.78 is 0. The highest BCUT2D eigenvalue weighted by Gasteiger charge is 2.52. The molecule has 0 amide bonds. The molecule has 0 unspecified atom stereocenters. The van der Waals surface area contributed by atoms with Crippen LogP contribution in [0.15, 0.2) is 48.7 Å². The van der Waals surface area contributed by atoms with E-state index in [1.54, 1.807) is 0 Å². The number of benzene rings is 1. The van der Waals surface area contributed by atoms with Crippen molar-refractivity contribution in [2.75, 3.05) is 26.7 Å². The van der Waals surface area contributed by atoms with Gasteiger partial charge in [0, 0.05) is 30.9 Å². The van der Waals surface area contributed by atoms with Gasteiger partial charge in [0.15, 0.2) is 0 Å². The zero-order chi connectivity index (χ0) is 18.9. The molecule has 3 heterocycles. The summed E-state index contributed by atoms with van der Waals surface area (Å²) in [4.78, 5) is 21.1. The zero-order valence-electron chi connectivity index (χ0n) is 15.8. The number of fused-ring (bicyclic) bond motifs is 1. The average Bonchev–Trinajstić information content (AvgIpc) is 2.70. The number of hydrogen-bond donors (Lipinski definition) is 1. The SMILES string of the molecule is CN1CCC[C@]2(C(=O)O)CCN(Cc3ccc(-c4ccccn4)cc3)C[C@@H]12. The van der Waals surface area contributed by atoms with Gasteiger partial charge >= 0.3 is 5.97 Å². The highest BCUT2D eigenvalue weighted by Crippen LogP contribution is 2.42. The molecule has 27 heavy (non-hydrogen) atoms. The van der Waals surface area contributed by atoms with Crippen molar-refractivity contribution < 1.29 is 9.90 Å². The first-order valence-corrected chi connectivity index (χ1v) is 9.75. The van der Waals surface area contributed by atoms with Crippen molar-refractivity contribution in [1.29, 1.82) is 0 Å². The third-order valence-corrected chi connectivity index (χ3v) is 6.36. The molecule has 0 aliphatic carbocycles. The molecule has 0 saturated carbocycles. The Balaban J connectivity index is 1.46. The van der Waals surface area contributed by atoms with Crippen molar-refractivity contribution in [3.8, 4) is 11.3 Å². The maximum Gasteiger partial charge on any atom is 0.311 e. The van der Waals surface area contributed by atoms with Crippen LogP contribution in [0.25, 0.3) is 11.3 Å². The molecule has 0 radical (unpaired) electrons. The van der Waals surface area contributed by atoms with Crippen LogP contribution in [-0.2, 0) is 11.3 Å². The Morgan fingerprint density at radius 1 is 1.19 bits per heavy atom. The molecule has 4 rings (SSSR count). The standard InChI is InChI=1S/C22H27N3O2/c1-24-13-4-10-22(21(26)27)11-14-25(16-20(22)24)15-17-6-8-18(9-7-17)19-5-2-3-12-23-19/h2-3,5-9,12,20H,4,10-11,13-16H2,1H3,(H,26,27)/t20-,22+/m1/s1. The number of aliphatic carboxylic acids is 1. The molecule has 1 N–H and O–H groups in total. The van der Waals surface area contributed by atoms with Gasteiger partial charge in [0.25, 0.3) is 0 Å². The number of hydrogen-bond acceptors (Lipinski definition) is 4. The predicted octanol–water partition coefficient (Wildman–Crippen LogP) is 3.12. The van der Waals surface area contributed by atoms with Gasteiger partial charge in [0.05, 0.1) is 11.1 Å². The Morgan fingerprint density at radius 2 is 2.00 bits per heavy atom. The summed E-state index contributed by atoms with van der Waals surface area (Å²) in [5.41, 5.74) is 2.80. The minimum Gasteiger partial charge on any atom is -0.481 e. The molecule has 0 bridgehead atoms. The number of carboxylic acids is 1. The third-order valence-electron chi connectivity index (χ3n) is 6.36. The summed E-state index contributed by atoms with van der Waals surface area (Å²) in [5, 5.41) is 9.91. The third kappa shape index (κ3) is 3.49. The Bertz CT molecular complexity index is 793. The average molecular weight is 365 g/mol. The van der Waals surface area contributed by atoms with Gasteiger partial charge in [0.1, 0.15) is 0 Å². The van der Waals surface area contributed by atoms with E-state index in [-0.39, 0.29) is 6.04 Å². The second kappa shape index (κ2) is 7.41. The maximum absolute atomic E-state index is 12.0. The van der Waals surface area contributed by atoms with E-state index in [1.165, 1.54) is 5.56 Å². The van der Waals surface area contributed by atoms with Crippen LogP contribution in [0.4, 0.5) is 0 Å². The van der Waals surface area contributed by atoms with Gasteiger partial charge in [-0.25, -0.2) is 0 Å². The number of likely N-dealkylation sites (N-methyl/N-ethyl adjacent to an activating group) is 1. The molecule has 2 fully saturated rings. The van der Waals surface area contributed by atoms with Crippen molar-refractivity contribution in [3.05, 3.63) is 54.2 Å². The summed E-state index contributed by atoms with van der Waals surface area (Å²) in [6.07, 6.45) is 4.34. The summed E-state index contributed by atoms with van der Waals surface area (Å²) in [6.45, 7) is 3.53.